The third-order valence-electron chi connectivity index (χ3n) is 2.83. The number of carbonyl (C=O) groups is 1. The van der Waals surface area contributed by atoms with Crippen LogP contribution in [0, 0.1) is 6.92 Å². The summed E-state index contributed by atoms with van der Waals surface area (Å²) in [7, 11) is 1.07. The average molecular weight is 271 g/mol. The van der Waals surface area contributed by atoms with Crippen molar-refractivity contribution in [3.8, 4) is 0 Å². The second-order valence-corrected chi connectivity index (χ2v) is 4.16. The van der Waals surface area contributed by atoms with Gasteiger partial charge < -0.3 is 14.6 Å². The number of aromatic nitrogens is 2. The highest BCUT2D eigenvalue weighted by atomic mass is 16.6. The molecule has 8 nitrogen and oxygen atoms in total. The molecule has 2 rings (SSSR count). The first-order chi connectivity index (χ1) is 9.29. The number of hydrogen-bond donors (Lipinski definition) is 2. The lowest BCUT2D eigenvalue weighted by Gasteiger charge is -2.14. The molecule has 0 spiro atoms. The number of H-pyrrole nitrogens is 1. The van der Waals surface area contributed by atoms with Gasteiger partial charge in [0.2, 0.25) is 0 Å². The van der Waals surface area contributed by atoms with Gasteiger partial charge in [0, 0.05) is 18.2 Å². The maximum atomic E-state index is 11.7. The number of rotatable bonds is 2. The highest BCUT2D eigenvalue weighted by Crippen LogP contribution is 2.28. The zero-order chi connectivity index (χ0) is 15.1. The number of esters is 1. The Bertz CT molecular complexity index is 653. The van der Waals surface area contributed by atoms with E-state index in [-0.39, 0.29) is 12.0 Å². The molecule has 0 saturated carbocycles. The van der Waals surface area contributed by atoms with E-state index in [0.29, 0.717) is 0 Å². The third-order valence-corrected chi connectivity index (χ3v) is 2.83. The van der Waals surface area contributed by atoms with Gasteiger partial charge in [0.25, 0.3) is 5.56 Å². The van der Waals surface area contributed by atoms with Crippen LogP contribution in [0.3, 0.4) is 0 Å². The van der Waals surface area contributed by atoms with Crippen LogP contribution in [0.5, 0.6) is 0 Å². The van der Waals surface area contributed by atoms with Gasteiger partial charge in [0.15, 0.2) is 6.08 Å². The number of aliphatic hydroxyl groups is 1. The van der Waals surface area contributed by atoms with E-state index in [1.165, 1.54) is 13.1 Å². The highest BCUT2D eigenvalue weighted by Gasteiger charge is 2.40. The fourth-order valence-electron chi connectivity index (χ4n) is 1.83. The van der Waals surface area contributed by atoms with Crippen LogP contribution < -0.4 is 11.2 Å². The summed E-state index contributed by atoms with van der Waals surface area (Å²) in [6, 6.07) is 0. The maximum Gasteiger partial charge on any atom is 0.337 e. The van der Waals surface area contributed by atoms with Crippen LogP contribution >= 0.6 is 0 Å². The lowest BCUT2D eigenvalue weighted by atomic mass is 10.2. The van der Waals surface area contributed by atoms with Crippen molar-refractivity contribution in [3.05, 3.63) is 32.6 Å². The van der Waals surface area contributed by atoms with Gasteiger partial charge in [0.1, 0.15) is 6.23 Å². The van der Waals surface area contributed by atoms with Gasteiger partial charge in [-0.3, -0.25) is 14.3 Å². The molecule has 1 aliphatic heterocycles. The third kappa shape index (κ3) is 2.45. The first kappa shape index (κ1) is 12.1. The molecule has 0 aliphatic carbocycles. The Labute approximate surface area is 109 Å². The summed E-state index contributed by atoms with van der Waals surface area (Å²) in [5.41, 5.74) is -1.01. The van der Waals surface area contributed by atoms with Crippen molar-refractivity contribution in [1.82, 2.24) is 9.55 Å². The van der Waals surface area contributed by atoms with E-state index in [1.807, 2.05) is 0 Å². The fourth-order valence-corrected chi connectivity index (χ4v) is 1.83. The quantitative estimate of drug-likeness (QED) is 0.644. The first-order valence-electron chi connectivity index (χ1n) is 6.06. The second-order valence-electron chi connectivity index (χ2n) is 4.16. The Morgan fingerprint density at radius 3 is 3.00 bits per heavy atom. The minimum atomic E-state index is -2.29. The molecule has 0 unspecified atom stereocenters. The second kappa shape index (κ2) is 4.98. The highest BCUT2D eigenvalue weighted by molar-refractivity contribution is 5.75. The summed E-state index contributed by atoms with van der Waals surface area (Å²) in [5.74, 6) is -1.05. The van der Waals surface area contributed by atoms with Crippen molar-refractivity contribution in [2.45, 2.75) is 31.8 Å². The molecule has 2 N–H and O–H groups in total. The Morgan fingerprint density at radius 2 is 2.37 bits per heavy atom. The van der Waals surface area contributed by atoms with Crippen molar-refractivity contribution < 1.29 is 20.7 Å². The number of hydrogen-bond acceptors (Lipinski definition) is 6. The lowest BCUT2D eigenvalue weighted by Crippen LogP contribution is -2.34. The van der Waals surface area contributed by atoms with Crippen molar-refractivity contribution in [1.29, 1.82) is 0 Å². The molecule has 0 bridgehead atoms. The largest absolute Gasteiger partial charge is 0.467 e. The van der Waals surface area contributed by atoms with Crippen molar-refractivity contribution in [3.63, 3.8) is 0 Å². The molecule has 19 heavy (non-hydrogen) atoms. The molecular weight excluding hydrogens is 256 g/mol. The Balaban J connectivity index is 2.39. The number of aromatic amines is 1. The number of ether oxygens (including phenoxy) is 2. The van der Waals surface area contributed by atoms with Crippen LogP contribution in [-0.2, 0) is 14.3 Å². The predicted octanol–water partition coefficient (Wildman–Crippen LogP) is -1.33. The van der Waals surface area contributed by atoms with Crippen LogP contribution in [0.1, 0.15) is 19.6 Å². The van der Waals surface area contributed by atoms with Gasteiger partial charge in [-0.05, 0) is 6.92 Å². The Morgan fingerprint density at radius 1 is 1.68 bits per heavy atom. The smallest absolute Gasteiger partial charge is 0.337 e. The van der Waals surface area contributed by atoms with Gasteiger partial charge in [-0.2, -0.15) is 0 Å². The van der Waals surface area contributed by atoms with Crippen LogP contribution in [0.15, 0.2) is 15.8 Å². The summed E-state index contributed by atoms with van der Waals surface area (Å²) in [6.07, 6.45) is -3.67. The number of aryl methyl sites for hydroxylation is 1. The van der Waals surface area contributed by atoms with Gasteiger partial charge in [-0.1, -0.05) is 0 Å². The summed E-state index contributed by atoms with van der Waals surface area (Å²) >= 11 is 0. The maximum absolute atomic E-state index is 11.7. The summed E-state index contributed by atoms with van der Waals surface area (Å²) in [4.78, 5) is 36.6. The van der Waals surface area contributed by atoms with Crippen molar-refractivity contribution in [2.24, 2.45) is 0 Å². The van der Waals surface area contributed by atoms with Gasteiger partial charge >= 0.3 is 11.7 Å². The molecule has 1 saturated heterocycles. The Kier molecular flexibility index (Phi) is 3.18. The molecule has 2 heterocycles. The molecule has 3 atom stereocenters. The van der Waals surface area contributed by atoms with Gasteiger partial charge in [-0.15, -0.1) is 0 Å². The standard InChI is InChI=1S/C11H14N2O6/c1-5-4-13(11(17)12-9(5)15)7-3-6(14)8(19-7)10(16)18-2/h4,6-8,14H,3H2,1-2H3,(H,12,15,17)/t6-,7-,8+/m1/s1/i8D. The van der Waals surface area contributed by atoms with Crippen LogP contribution in [0.25, 0.3) is 0 Å². The van der Waals surface area contributed by atoms with Crippen LogP contribution in [0.2, 0.25) is 0 Å². The number of methoxy groups -OCH3 is 1. The molecular formula is C11H14N2O6. The van der Waals surface area contributed by atoms with Crippen LogP contribution in [0.4, 0.5) is 0 Å². The predicted molar refractivity (Wildman–Crippen MR) is 62.6 cm³/mol. The minimum Gasteiger partial charge on any atom is -0.467 e. The van der Waals surface area contributed by atoms with Crippen molar-refractivity contribution in [2.75, 3.05) is 7.11 Å². The Hall–Kier alpha value is -1.93. The van der Waals surface area contributed by atoms with Gasteiger partial charge in [-0.25, -0.2) is 9.59 Å². The van der Waals surface area contributed by atoms with E-state index >= 15 is 0 Å². The lowest BCUT2D eigenvalue weighted by molar-refractivity contribution is -0.159. The molecule has 0 aromatic carbocycles. The van der Waals surface area contributed by atoms with E-state index in [0.717, 1.165) is 11.7 Å². The number of carbonyl (C=O) groups excluding carboxylic acids is 1. The molecule has 1 aliphatic rings. The number of aliphatic hydroxyl groups excluding tert-OH is 1. The summed E-state index contributed by atoms with van der Waals surface area (Å²) in [5, 5.41) is 9.80. The molecule has 1 aromatic heterocycles. The van der Waals surface area contributed by atoms with E-state index in [2.05, 4.69) is 9.72 Å². The molecule has 1 aromatic rings. The normalized spacial score (nSPS) is 31.0. The minimum absolute atomic E-state index is 0.149. The molecule has 0 amide bonds. The first-order valence-corrected chi connectivity index (χ1v) is 5.56. The average Bonchev–Trinajstić information content (AvgIpc) is 2.70. The number of nitrogens with one attached hydrogen (secondary N) is 1. The molecule has 0 radical (unpaired) electrons. The summed E-state index contributed by atoms with van der Waals surface area (Å²) < 4.78 is 18.4. The van der Waals surface area contributed by atoms with E-state index < -0.39 is 35.6 Å². The monoisotopic (exact) mass is 271 g/mol. The zero-order valence-corrected chi connectivity index (χ0v) is 10.4. The zero-order valence-electron chi connectivity index (χ0n) is 11.4. The summed E-state index contributed by atoms with van der Waals surface area (Å²) in [6.45, 7) is 1.49. The van der Waals surface area contributed by atoms with Gasteiger partial charge in [0.05, 0.1) is 14.6 Å². The van der Waals surface area contributed by atoms with Crippen LogP contribution in [-0.4, -0.2) is 39.9 Å². The topological polar surface area (TPSA) is 111 Å². The fraction of sp³-hybridized carbons (Fsp3) is 0.545. The van der Waals surface area contributed by atoms with Crippen molar-refractivity contribution >= 4 is 5.97 Å². The number of nitrogens with zero attached hydrogens (tertiary/aromatic N) is 1. The van der Waals surface area contributed by atoms with E-state index in [9.17, 15) is 19.5 Å². The van der Waals surface area contributed by atoms with E-state index in [4.69, 9.17) is 6.11 Å². The van der Waals surface area contributed by atoms with E-state index in [1.54, 1.807) is 0 Å². The molecule has 104 valence electrons. The SMILES string of the molecule is [2H][C@]1(C(=O)OC)O[C@@H](n2cc(C)c(=O)[nH]c2=O)C[C@H]1O. The molecule has 8 heteroatoms. The molecule has 1 fully saturated rings.